The number of aliphatic carboxylic acids is 1. The van der Waals surface area contributed by atoms with Gasteiger partial charge < -0.3 is 9.66 Å². The van der Waals surface area contributed by atoms with Gasteiger partial charge in [-0.3, -0.25) is 0 Å². The van der Waals surface area contributed by atoms with Gasteiger partial charge in [-0.05, 0) is 39.8 Å². The molecule has 0 bridgehead atoms. The number of carbonyl (C=O) groups is 1. The van der Waals surface area contributed by atoms with Gasteiger partial charge in [-0.15, -0.1) is 4.72 Å². The number of nitrogens with one attached hydrogen (secondary N) is 1. The minimum atomic E-state index is -2.28. The first-order valence-corrected chi connectivity index (χ1v) is 8.24. The summed E-state index contributed by atoms with van der Waals surface area (Å²) < 4.78 is 56.3. The van der Waals surface area contributed by atoms with E-state index in [1.54, 1.807) is 20.8 Å². The summed E-state index contributed by atoms with van der Waals surface area (Å²) in [5.74, 6) is -4.44. The highest BCUT2D eigenvalue weighted by Gasteiger charge is 2.44. The minimum Gasteiger partial charge on any atom is -0.598 e. The Morgan fingerprint density at radius 3 is 2.33 bits per heavy atom. The Balaban J connectivity index is 3.39. The van der Waals surface area contributed by atoms with Gasteiger partial charge in [-0.1, -0.05) is 18.2 Å². The van der Waals surface area contributed by atoms with Gasteiger partial charge in [-0.25, -0.2) is 13.6 Å². The number of hydrogen-bond donors (Lipinski definition) is 2. The topological polar surface area (TPSA) is 72.4 Å². The van der Waals surface area contributed by atoms with Crippen molar-refractivity contribution in [3.05, 3.63) is 47.5 Å². The van der Waals surface area contributed by atoms with Gasteiger partial charge in [-0.2, -0.15) is 4.39 Å². The van der Waals surface area contributed by atoms with Crippen LogP contribution >= 0.6 is 0 Å². The maximum absolute atomic E-state index is 14.7. The van der Waals surface area contributed by atoms with E-state index in [0.29, 0.717) is 0 Å². The van der Waals surface area contributed by atoms with Crippen molar-refractivity contribution in [3.8, 4) is 0 Å². The van der Waals surface area contributed by atoms with Crippen molar-refractivity contribution >= 4 is 17.3 Å². The number of carboxylic acids is 1. The van der Waals surface area contributed by atoms with E-state index in [4.69, 9.17) is 5.11 Å². The summed E-state index contributed by atoms with van der Waals surface area (Å²) in [6.45, 7) is 6.07. The molecule has 0 aromatic heterocycles. The molecule has 0 amide bonds. The van der Waals surface area contributed by atoms with E-state index < -0.39 is 45.4 Å². The van der Waals surface area contributed by atoms with Crippen LogP contribution in [-0.4, -0.2) is 26.5 Å². The maximum atomic E-state index is 14.7. The third-order valence-corrected chi connectivity index (χ3v) is 5.06. The second kappa shape index (κ2) is 7.58. The second-order valence-corrected chi connectivity index (χ2v) is 8.35. The summed E-state index contributed by atoms with van der Waals surface area (Å²) >= 11 is -1.82. The van der Waals surface area contributed by atoms with Crippen molar-refractivity contribution < 1.29 is 27.6 Å². The molecule has 0 aliphatic rings. The molecule has 3 atom stereocenters. The molecule has 4 nitrogen and oxygen atoms in total. The summed E-state index contributed by atoms with van der Waals surface area (Å²) in [4.78, 5) is 10.6. The summed E-state index contributed by atoms with van der Waals surface area (Å²) in [6, 6.07) is 5.18. The molecule has 0 spiro atoms. The number of rotatable bonds is 6. The van der Waals surface area contributed by atoms with E-state index in [9.17, 15) is 22.5 Å². The molecule has 1 aromatic carbocycles. The van der Waals surface area contributed by atoms with Crippen LogP contribution in [0.2, 0.25) is 0 Å². The zero-order valence-corrected chi connectivity index (χ0v) is 14.6. The monoisotopic (exact) mass is 363 g/mol. The highest BCUT2D eigenvalue weighted by Crippen LogP contribution is 2.33. The van der Waals surface area contributed by atoms with Gasteiger partial charge in [0.05, 0.1) is 0 Å². The smallest absolute Gasteiger partial charge is 0.364 e. The lowest BCUT2D eigenvalue weighted by atomic mass is 9.87. The van der Waals surface area contributed by atoms with E-state index in [1.165, 1.54) is 25.1 Å². The molecule has 1 rings (SSSR count). The van der Waals surface area contributed by atoms with Crippen molar-refractivity contribution in [2.24, 2.45) is 0 Å². The Bertz CT molecular complexity index is 633. The Morgan fingerprint density at radius 1 is 1.33 bits per heavy atom. The molecule has 0 aliphatic carbocycles. The number of hydrogen-bond acceptors (Lipinski definition) is 3. The van der Waals surface area contributed by atoms with Crippen molar-refractivity contribution in [2.75, 3.05) is 0 Å². The average Bonchev–Trinajstić information content (AvgIpc) is 2.46. The Kier molecular flexibility index (Phi) is 6.49. The standard InChI is InChI=1S/C16H20F3NO3S/c1-15(2,3)24(23)20-16(4,10-7-5-6-8-11(10)17)13(19)9-12(18)14(21)22/h5-9,13,20H,1-4H3,(H,21,22)/t13-,16?,24?/m1/s1. The Labute approximate surface area is 142 Å². The van der Waals surface area contributed by atoms with Gasteiger partial charge in [0, 0.05) is 16.9 Å². The second-order valence-electron chi connectivity index (χ2n) is 6.39. The molecule has 0 heterocycles. The van der Waals surface area contributed by atoms with Crippen molar-refractivity contribution in [2.45, 2.75) is 44.2 Å². The number of alkyl halides is 1. The quantitative estimate of drug-likeness (QED) is 0.600. The normalized spacial score (nSPS) is 17.9. The largest absolute Gasteiger partial charge is 0.598 e. The van der Waals surface area contributed by atoms with Crippen LogP contribution in [0.5, 0.6) is 0 Å². The van der Waals surface area contributed by atoms with Crippen molar-refractivity contribution in [3.63, 3.8) is 0 Å². The highest BCUT2D eigenvalue weighted by atomic mass is 32.2. The fourth-order valence-electron chi connectivity index (χ4n) is 1.85. The summed E-state index contributed by atoms with van der Waals surface area (Å²) in [7, 11) is 0. The van der Waals surface area contributed by atoms with Crippen LogP contribution in [0, 0.1) is 5.82 Å². The third kappa shape index (κ3) is 4.75. The zero-order valence-electron chi connectivity index (χ0n) is 13.8. The fourth-order valence-corrected chi connectivity index (χ4v) is 2.77. The summed E-state index contributed by atoms with van der Waals surface area (Å²) in [5.41, 5.74) is -2.12. The number of benzene rings is 1. The molecule has 0 radical (unpaired) electrons. The molecule has 8 heteroatoms. The van der Waals surface area contributed by atoms with Crippen LogP contribution in [-0.2, 0) is 21.7 Å². The van der Waals surface area contributed by atoms with Crippen molar-refractivity contribution in [1.82, 2.24) is 4.72 Å². The van der Waals surface area contributed by atoms with Crippen LogP contribution < -0.4 is 4.72 Å². The van der Waals surface area contributed by atoms with Crippen LogP contribution in [0.15, 0.2) is 36.2 Å². The van der Waals surface area contributed by atoms with E-state index in [0.717, 1.165) is 6.07 Å². The number of halogens is 3. The SMILES string of the molecule is CC(N[S+]([O-])C(C)(C)C)(c1ccccc1F)[C@H](F)C=C(F)C(=O)O. The molecular weight excluding hydrogens is 343 g/mol. The maximum Gasteiger partial charge on any atom is 0.364 e. The van der Waals surface area contributed by atoms with Gasteiger partial charge in [0.1, 0.15) is 22.3 Å². The average molecular weight is 363 g/mol. The first kappa shape index (κ1) is 20.5. The summed E-state index contributed by atoms with van der Waals surface area (Å²) in [6.07, 6.45) is -2.06. The Hall–Kier alpha value is -1.51. The highest BCUT2D eigenvalue weighted by molar-refractivity contribution is 7.90. The Morgan fingerprint density at radius 2 is 1.88 bits per heavy atom. The van der Waals surface area contributed by atoms with Gasteiger partial charge in [0.25, 0.3) is 0 Å². The molecule has 1 aromatic rings. The van der Waals surface area contributed by atoms with Gasteiger partial charge in [0.15, 0.2) is 0 Å². The first-order chi connectivity index (χ1) is 10.9. The molecule has 0 saturated heterocycles. The number of carboxylic acid groups (broad SMARTS) is 1. The minimum absolute atomic E-state index is 0.190. The van der Waals surface area contributed by atoms with E-state index in [-0.39, 0.29) is 11.6 Å². The molecule has 0 saturated carbocycles. The van der Waals surface area contributed by atoms with Crippen LogP contribution in [0.1, 0.15) is 33.3 Å². The van der Waals surface area contributed by atoms with Gasteiger partial charge in [0.2, 0.25) is 5.83 Å². The van der Waals surface area contributed by atoms with E-state index >= 15 is 0 Å². The molecule has 24 heavy (non-hydrogen) atoms. The molecule has 0 fully saturated rings. The van der Waals surface area contributed by atoms with Crippen LogP contribution in [0.25, 0.3) is 0 Å². The van der Waals surface area contributed by atoms with Crippen LogP contribution in [0.3, 0.4) is 0 Å². The zero-order chi connectivity index (χ0) is 18.7. The molecule has 0 aliphatic heterocycles. The lowest BCUT2D eigenvalue weighted by molar-refractivity contribution is -0.134. The predicted molar refractivity (Wildman–Crippen MR) is 86.5 cm³/mol. The molecule has 2 N–H and O–H groups in total. The van der Waals surface area contributed by atoms with Gasteiger partial charge >= 0.3 is 5.97 Å². The predicted octanol–water partition coefficient (Wildman–Crippen LogP) is 3.37. The lowest BCUT2D eigenvalue weighted by Crippen LogP contribution is -2.54. The molecular formula is C16H20F3NO3S. The first-order valence-electron chi connectivity index (χ1n) is 7.09. The van der Waals surface area contributed by atoms with Crippen LogP contribution in [0.4, 0.5) is 13.2 Å². The van der Waals surface area contributed by atoms with E-state index in [1.807, 2.05) is 0 Å². The van der Waals surface area contributed by atoms with Crippen molar-refractivity contribution in [1.29, 1.82) is 0 Å². The third-order valence-electron chi connectivity index (χ3n) is 3.34. The summed E-state index contributed by atoms with van der Waals surface area (Å²) in [5, 5.41) is 8.57. The molecule has 2 unspecified atom stereocenters. The lowest BCUT2D eigenvalue weighted by Gasteiger charge is -2.36. The fraction of sp³-hybridized carbons (Fsp3) is 0.438. The molecule has 134 valence electrons. The van der Waals surface area contributed by atoms with E-state index in [2.05, 4.69) is 4.72 Å².